The van der Waals surface area contributed by atoms with Gasteiger partial charge in [0.25, 0.3) is 0 Å². The van der Waals surface area contributed by atoms with E-state index < -0.39 is 15.4 Å². The zero-order chi connectivity index (χ0) is 15.4. The lowest BCUT2D eigenvalue weighted by molar-refractivity contribution is 0.278. The summed E-state index contributed by atoms with van der Waals surface area (Å²) >= 11 is 0. The molecule has 0 heterocycles. The molecule has 6 heteroatoms. The molecule has 0 radical (unpaired) electrons. The molecule has 0 amide bonds. The molecule has 0 unspecified atom stereocenters. The van der Waals surface area contributed by atoms with Gasteiger partial charge in [-0.05, 0) is 51.3 Å². The van der Waals surface area contributed by atoms with Gasteiger partial charge in [0, 0.05) is 0 Å². The maximum atomic E-state index is 11.5. The van der Waals surface area contributed by atoms with E-state index in [1.54, 1.807) is 19.1 Å². The highest BCUT2D eigenvalue weighted by atomic mass is 32.2. The Morgan fingerprint density at radius 1 is 1.40 bits per heavy atom. The number of nitrogens with two attached hydrogens (primary N) is 1. The molecule has 1 aromatic carbocycles. The van der Waals surface area contributed by atoms with Gasteiger partial charge >= 0.3 is 0 Å². The lowest BCUT2D eigenvalue weighted by atomic mass is 9.90. The summed E-state index contributed by atoms with van der Waals surface area (Å²) in [5.41, 5.74) is 0.395. The number of benzene rings is 1. The van der Waals surface area contributed by atoms with Crippen LogP contribution in [0.25, 0.3) is 0 Å². The standard InChI is InChI=1S/C14H20N2O3S/c1-11-5-6-12(13(9-11)20(16,17)18)19-8-4-7-14(2,3)10-15/h5-6,9H,4,7-8H2,1-3H3,(H2,16,17,18). The van der Waals surface area contributed by atoms with Crippen molar-refractivity contribution in [2.75, 3.05) is 6.61 Å². The Bertz CT molecular complexity index is 616. The van der Waals surface area contributed by atoms with E-state index in [9.17, 15) is 8.42 Å². The van der Waals surface area contributed by atoms with Crippen molar-refractivity contribution < 1.29 is 13.2 Å². The van der Waals surface area contributed by atoms with Gasteiger partial charge in [-0.1, -0.05) is 6.07 Å². The van der Waals surface area contributed by atoms with E-state index in [1.165, 1.54) is 6.07 Å². The van der Waals surface area contributed by atoms with E-state index in [1.807, 2.05) is 13.8 Å². The second-order valence-corrected chi connectivity index (χ2v) is 6.97. The molecule has 20 heavy (non-hydrogen) atoms. The molecule has 0 aromatic heterocycles. The normalized spacial score (nSPS) is 11.9. The molecule has 0 aliphatic rings. The van der Waals surface area contributed by atoms with E-state index in [0.717, 1.165) is 5.56 Å². The van der Waals surface area contributed by atoms with E-state index in [2.05, 4.69) is 6.07 Å². The van der Waals surface area contributed by atoms with Crippen molar-refractivity contribution in [2.45, 2.75) is 38.5 Å². The average molecular weight is 296 g/mol. The summed E-state index contributed by atoms with van der Waals surface area (Å²) in [5, 5.41) is 14.1. The number of ether oxygens (including phenoxy) is 1. The minimum atomic E-state index is -3.80. The topological polar surface area (TPSA) is 93.2 Å². The Morgan fingerprint density at radius 2 is 2.05 bits per heavy atom. The summed E-state index contributed by atoms with van der Waals surface area (Å²) in [5.74, 6) is 0.257. The first-order valence-electron chi connectivity index (χ1n) is 6.33. The number of rotatable bonds is 6. The predicted octanol–water partition coefficient (Wildman–Crippen LogP) is 2.35. The van der Waals surface area contributed by atoms with Gasteiger partial charge in [0.1, 0.15) is 10.6 Å². The second kappa shape index (κ2) is 6.25. The molecule has 110 valence electrons. The molecule has 0 saturated carbocycles. The zero-order valence-corrected chi connectivity index (χ0v) is 12.8. The minimum absolute atomic E-state index is 0.00274. The second-order valence-electron chi connectivity index (χ2n) is 5.44. The fraction of sp³-hybridized carbons (Fsp3) is 0.500. The molecule has 0 spiro atoms. The van der Waals surface area contributed by atoms with Gasteiger partial charge in [0.05, 0.1) is 18.1 Å². The average Bonchev–Trinajstić information content (AvgIpc) is 2.35. The molecule has 0 saturated heterocycles. The smallest absolute Gasteiger partial charge is 0.241 e. The molecule has 1 aromatic rings. The first kappa shape index (κ1) is 16.5. The molecule has 2 N–H and O–H groups in total. The van der Waals surface area contributed by atoms with Gasteiger partial charge in [0.15, 0.2) is 0 Å². The fourth-order valence-corrected chi connectivity index (χ4v) is 2.47. The van der Waals surface area contributed by atoms with Crippen LogP contribution in [0.15, 0.2) is 23.1 Å². The van der Waals surface area contributed by atoms with Gasteiger partial charge in [-0.15, -0.1) is 0 Å². The fourth-order valence-electron chi connectivity index (χ4n) is 1.71. The lowest BCUT2D eigenvalue weighted by Crippen LogP contribution is -2.15. The Balaban J connectivity index is 2.73. The maximum Gasteiger partial charge on any atom is 0.241 e. The Hall–Kier alpha value is -1.58. The summed E-state index contributed by atoms with van der Waals surface area (Å²) in [7, 11) is -3.80. The summed E-state index contributed by atoms with van der Waals surface area (Å²) in [6.45, 7) is 5.84. The van der Waals surface area contributed by atoms with Crippen LogP contribution in [-0.4, -0.2) is 15.0 Å². The largest absolute Gasteiger partial charge is 0.492 e. The quantitative estimate of drug-likeness (QED) is 0.815. The van der Waals surface area contributed by atoms with Gasteiger partial charge in [-0.25, -0.2) is 13.6 Å². The van der Waals surface area contributed by atoms with Crippen LogP contribution in [0.1, 0.15) is 32.3 Å². The number of primary sulfonamides is 1. The van der Waals surface area contributed by atoms with Gasteiger partial charge < -0.3 is 4.74 Å². The van der Waals surface area contributed by atoms with Crippen LogP contribution in [0.5, 0.6) is 5.75 Å². The lowest BCUT2D eigenvalue weighted by Gasteiger charge is -2.15. The van der Waals surface area contributed by atoms with E-state index >= 15 is 0 Å². The number of aryl methyl sites for hydroxylation is 1. The van der Waals surface area contributed by atoms with Gasteiger partial charge in [-0.3, -0.25) is 0 Å². The summed E-state index contributed by atoms with van der Waals surface area (Å²) in [4.78, 5) is -0.00274. The van der Waals surface area contributed by atoms with Crippen molar-refractivity contribution in [3.8, 4) is 11.8 Å². The Labute approximate surface area is 120 Å². The van der Waals surface area contributed by atoms with Crippen LogP contribution >= 0.6 is 0 Å². The van der Waals surface area contributed by atoms with Crippen LogP contribution in [0.3, 0.4) is 0 Å². The van der Waals surface area contributed by atoms with Crippen LogP contribution < -0.4 is 9.88 Å². The highest BCUT2D eigenvalue weighted by Gasteiger charge is 2.17. The molecule has 0 aliphatic heterocycles. The van der Waals surface area contributed by atoms with Gasteiger partial charge in [0.2, 0.25) is 10.0 Å². The van der Waals surface area contributed by atoms with Crippen LogP contribution in [0.4, 0.5) is 0 Å². The van der Waals surface area contributed by atoms with Crippen LogP contribution in [-0.2, 0) is 10.0 Å². The molecular formula is C14H20N2O3S. The van der Waals surface area contributed by atoms with Crippen molar-refractivity contribution in [3.05, 3.63) is 23.8 Å². The van der Waals surface area contributed by atoms with Crippen molar-refractivity contribution >= 4 is 10.0 Å². The highest BCUT2D eigenvalue weighted by Crippen LogP contribution is 2.25. The zero-order valence-electron chi connectivity index (χ0n) is 12.0. The number of nitrogens with zero attached hydrogens (tertiary/aromatic N) is 1. The monoisotopic (exact) mass is 296 g/mol. The third kappa shape index (κ3) is 4.83. The number of hydrogen-bond acceptors (Lipinski definition) is 4. The molecule has 0 bridgehead atoms. The molecule has 0 aliphatic carbocycles. The van der Waals surface area contributed by atoms with Gasteiger partial charge in [-0.2, -0.15) is 5.26 Å². The van der Waals surface area contributed by atoms with Crippen molar-refractivity contribution in [2.24, 2.45) is 10.6 Å². The predicted molar refractivity (Wildman–Crippen MR) is 76.7 cm³/mol. The molecule has 0 fully saturated rings. The van der Waals surface area contributed by atoms with Crippen LogP contribution in [0.2, 0.25) is 0 Å². The number of sulfonamides is 1. The summed E-state index contributed by atoms with van der Waals surface area (Å²) < 4.78 is 28.5. The first-order valence-corrected chi connectivity index (χ1v) is 7.88. The first-order chi connectivity index (χ1) is 9.15. The van der Waals surface area contributed by atoms with E-state index in [-0.39, 0.29) is 10.6 Å². The van der Waals surface area contributed by atoms with Crippen molar-refractivity contribution in [1.82, 2.24) is 0 Å². The molecule has 5 nitrogen and oxygen atoms in total. The Morgan fingerprint density at radius 3 is 2.60 bits per heavy atom. The maximum absolute atomic E-state index is 11.5. The SMILES string of the molecule is Cc1ccc(OCCCC(C)(C)C#N)c(S(N)(=O)=O)c1. The van der Waals surface area contributed by atoms with Crippen LogP contribution in [0, 0.1) is 23.7 Å². The molecule has 1 rings (SSSR count). The third-order valence-electron chi connectivity index (χ3n) is 2.91. The van der Waals surface area contributed by atoms with E-state index in [0.29, 0.717) is 19.4 Å². The third-order valence-corrected chi connectivity index (χ3v) is 3.84. The van der Waals surface area contributed by atoms with E-state index in [4.69, 9.17) is 15.1 Å². The molecular weight excluding hydrogens is 276 g/mol. The Kier molecular flexibility index (Phi) is 5.15. The molecule has 0 atom stereocenters. The summed E-state index contributed by atoms with van der Waals surface area (Å²) in [6.07, 6.45) is 1.35. The van der Waals surface area contributed by atoms with Crippen molar-refractivity contribution in [1.29, 1.82) is 5.26 Å². The summed E-state index contributed by atoms with van der Waals surface area (Å²) in [6, 6.07) is 7.07. The van der Waals surface area contributed by atoms with Crippen molar-refractivity contribution in [3.63, 3.8) is 0 Å². The highest BCUT2D eigenvalue weighted by molar-refractivity contribution is 7.89. The minimum Gasteiger partial charge on any atom is -0.492 e. The number of nitriles is 1. The number of hydrogen-bond donors (Lipinski definition) is 1.